The molecule has 5 heteroatoms. The van der Waals surface area contributed by atoms with Crippen LogP contribution in [0.5, 0.6) is 0 Å². The van der Waals surface area contributed by atoms with Gasteiger partial charge >= 0.3 is 0 Å². The maximum Gasteiger partial charge on any atom is 0.251 e. The van der Waals surface area contributed by atoms with Crippen LogP contribution in [0.3, 0.4) is 0 Å². The van der Waals surface area contributed by atoms with E-state index in [-0.39, 0.29) is 28.6 Å². The van der Waals surface area contributed by atoms with Crippen LogP contribution in [0.2, 0.25) is 5.02 Å². The predicted molar refractivity (Wildman–Crippen MR) is 69.1 cm³/mol. The minimum absolute atomic E-state index is 0.0140. The fourth-order valence-corrected chi connectivity index (χ4v) is 2.35. The fraction of sp³-hybridized carbons (Fsp3) is 0.462. The number of carbonyl (C=O) groups excluding carboxylic acids is 1. The third-order valence-corrected chi connectivity index (χ3v) is 3.62. The van der Waals surface area contributed by atoms with Crippen molar-refractivity contribution in [3.8, 4) is 0 Å². The summed E-state index contributed by atoms with van der Waals surface area (Å²) in [6.07, 6.45) is 3.96. The molecule has 0 saturated heterocycles. The molecule has 1 aromatic rings. The highest BCUT2D eigenvalue weighted by atomic mass is 35.5. The van der Waals surface area contributed by atoms with Crippen molar-refractivity contribution in [1.29, 1.82) is 0 Å². The van der Waals surface area contributed by atoms with Crippen LogP contribution >= 0.6 is 11.6 Å². The van der Waals surface area contributed by atoms with Gasteiger partial charge in [-0.1, -0.05) is 24.4 Å². The van der Waals surface area contributed by atoms with Crippen molar-refractivity contribution in [3.05, 3.63) is 34.6 Å². The summed E-state index contributed by atoms with van der Waals surface area (Å²) >= 11 is 5.57. The van der Waals surface area contributed by atoms with Gasteiger partial charge in [0.1, 0.15) is 5.82 Å². The topological polar surface area (TPSA) is 55.1 Å². The number of hydrogen-bond donors (Lipinski definition) is 2. The van der Waals surface area contributed by atoms with Gasteiger partial charge in [-0.3, -0.25) is 4.79 Å². The Bertz CT molecular complexity index is 453. The molecule has 98 valence electrons. The standard InChI is InChI=1S/C13H16ClFN2O/c14-9-6-5-8(7-10(9)15)13(18)17-12-4-2-1-3-11(12)16/h5-7,11-12H,1-4,16H2,(H,17,18)/t11-,12-/m1/s1. The summed E-state index contributed by atoms with van der Waals surface area (Å²) in [5, 5.41) is 2.87. The van der Waals surface area contributed by atoms with E-state index in [1.54, 1.807) is 0 Å². The highest BCUT2D eigenvalue weighted by molar-refractivity contribution is 6.30. The van der Waals surface area contributed by atoms with E-state index in [0.29, 0.717) is 0 Å². The number of rotatable bonds is 2. The second-order valence-electron chi connectivity index (χ2n) is 4.66. The summed E-state index contributed by atoms with van der Waals surface area (Å²) in [5.74, 6) is -0.884. The first-order valence-corrected chi connectivity index (χ1v) is 6.47. The zero-order chi connectivity index (χ0) is 13.1. The highest BCUT2D eigenvalue weighted by Crippen LogP contribution is 2.19. The molecule has 1 saturated carbocycles. The van der Waals surface area contributed by atoms with Gasteiger partial charge in [0, 0.05) is 17.6 Å². The van der Waals surface area contributed by atoms with Crippen LogP contribution in [0.25, 0.3) is 0 Å². The van der Waals surface area contributed by atoms with Gasteiger partial charge < -0.3 is 11.1 Å². The molecule has 1 aliphatic carbocycles. The van der Waals surface area contributed by atoms with Crippen molar-refractivity contribution < 1.29 is 9.18 Å². The lowest BCUT2D eigenvalue weighted by molar-refractivity contribution is 0.0921. The lowest BCUT2D eigenvalue weighted by Crippen LogP contribution is -2.49. The molecule has 0 aliphatic heterocycles. The minimum Gasteiger partial charge on any atom is -0.348 e. The molecule has 3 N–H and O–H groups in total. The average molecular weight is 271 g/mol. The maximum atomic E-state index is 13.3. The van der Waals surface area contributed by atoms with E-state index >= 15 is 0 Å². The van der Waals surface area contributed by atoms with Gasteiger partial charge in [-0.15, -0.1) is 0 Å². The van der Waals surface area contributed by atoms with Crippen molar-refractivity contribution >= 4 is 17.5 Å². The molecular weight excluding hydrogens is 255 g/mol. The summed E-state index contributed by atoms with van der Waals surface area (Å²) < 4.78 is 13.3. The van der Waals surface area contributed by atoms with Crippen LogP contribution in [-0.4, -0.2) is 18.0 Å². The first-order valence-electron chi connectivity index (χ1n) is 6.09. The van der Waals surface area contributed by atoms with Gasteiger partial charge in [-0.05, 0) is 31.0 Å². The Kier molecular flexibility index (Phi) is 4.19. The largest absolute Gasteiger partial charge is 0.348 e. The number of halogens is 2. The number of carbonyl (C=O) groups is 1. The Balaban J connectivity index is 2.04. The van der Waals surface area contributed by atoms with Crippen LogP contribution < -0.4 is 11.1 Å². The van der Waals surface area contributed by atoms with Crippen LogP contribution in [-0.2, 0) is 0 Å². The zero-order valence-corrected chi connectivity index (χ0v) is 10.7. The average Bonchev–Trinajstić information content (AvgIpc) is 2.35. The Hall–Kier alpha value is -1.13. The molecule has 0 unspecified atom stereocenters. The summed E-state index contributed by atoms with van der Waals surface area (Å²) in [5.41, 5.74) is 6.22. The monoisotopic (exact) mass is 270 g/mol. The van der Waals surface area contributed by atoms with Crippen LogP contribution in [0, 0.1) is 5.82 Å². The molecule has 0 bridgehead atoms. The molecular formula is C13H16ClFN2O. The lowest BCUT2D eigenvalue weighted by Gasteiger charge is -2.29. The van der Waals surface area contributed by atoms with Crippen molar-refractivity contribution in [1.82, 2.24) is 5.32 Å². The third kappa shape index (κ3) is 3.00. The van der Waals surface area contributed by atoms with Crippen molar-refractivity contribution in [3.63, 3.8) is 0 Å². The molecule has 18 heavy (non-hydrogen) atoms. The molecule has 2 rings (SSSR count). The molecule has 1 aromatic carbocycles. The first kappa shape index (κ1) is 13.3. The first-order chi connectivity index (χ1) is 8.58. The highest BCUT2D eigenvalue weighted by Gasteiger charge is 2.23. The van der Waals surface area contributed by atoms with E-state index in [9.17, 15) is 9.18 Å². The molecule has 1 fully saturated rings. The summed E-state index contributed by atoms with van der Waals surface area (Å²) in [4.78, 5) is 11.9. The molecule has 0 heterocycles. The Morgan fingerprint density at radius 3 is 2.78 bits per heavy atom. The maximum absolute atomic E-state index is 13.3. The molecule has 1 aliphatic rings. The Morgan fingerprint density at radius 1 is 1.39 bits per heavy atom. The van der Waals surface area contributed by atoms with Gasteiger partial charge in [0.15, 0.2) is 0 Å². The zero-order valence-electron chi connectivity index (χ0n) is 9.96. The fourth-order valence-electron chi connectivity index (χ4n) is 2.23. The van der Waals surface area contributed by atoms with Gasteiger partial charge in [0.2, 0.25) is 0 Å². The van der Waals surface area contributed by atoms with Gasteiger partial charge in [-0.25, -0.2) is 4.39 Å². The quantitative estimate of drug-likeness (QED) is 0.867. The van der Waals surface area contributed by atoms with Gasteiger partial charge in [0.25, 0.3) is 5.91 Å². The van der Waals surface area contributed by atoms with E-state index < -0.39 is 5.82 Å². The molecule has 0 aromatic heterocycles. The van der Waals surface area contributed by atoms with Crippen molar-refractivity contribution in [2.45, 2.75) is 37.8 Å². The Labute approximate surface area is 111 Å². The van der Waals surface area contributed by atoms with Crippen LogP contribution in [0.1, 0.15) is 36.0 Å². The summed E-state index contributed by atoms with van der Waals surface area (Å²) in [6, 6.07) is 4.00. The number of nitrogens with two attached hydrogens (primary N) is 1. The van der Waals surface area contributed by atoms with Gasteiger partial charge in [0.05, 0.1) is 5.02 Å². The number of hydrogen-bond acceptors (Lipinski definition) is 2. The van der Waals surface area contributed by atoms with Gasteiger partial charge in [-0.2, -0.15) is 0 Å². The number of amides is 1. The smallest absolute Gasteiger partial charge is 0.251 e. The van der Waals surface area contributed by atoms with Crippen molar-refractivity contribution in [2.24, 2.45) is 5.73 Å². The van der Waals surface area contributed by atoms with E-state index in [4.69, 9.17) is 17.3 Å². The Morgan fingerprint density at radius 2 is 2.11 bits per heavy atom. The molecule has 1 amide bonds. The number of nitrogens with one attached hydrogen (secondary N) is 1. The molecule has 0 spiro atoms. The number of benzene rings is 1. The third-order valence-electron chi connectivity index (χ3n) is 3.32. The molecule has 2 atom stereocenters. The van der Waals surface area contributed by atoms with E-state index in [0.717, 1.165) is 31.7 Å². The summed E-state index contributed by atoms with van der Waals surface area (Å²) in [7, 11) is 0. The second-order valence-corrected chi connectivity index (χ2v) is 5.06. The second kappa shape index (κ2) is 5.67. The van der Waals surface area contributed by atoms with Crippen LogP contribution in [0.15, 0.2) is 18.2 Å². The lowest BCUT2D eigenvalue weighted by atomic mass is 9.91. The molecule has 3 nitrogen and oxygen atoms in total. The normalized spacial score (nSPS) is 23.7. The van der Waals surface area contributed by atoms with E-state index in [1.165, 1.54) is 12.1 Å². The van der Waals surface area contributed by atoms with E-state index in [2.05, 4.69) is 5.32 Å². The van der Waals surface area contributed by atoms with Crippen LogP contribution in [0.4, 0.5) is 4.39 Å². The summed E-state index contributed by atoms with van der Waals surface area (Å²) in [6.45, 7) is 0. The predicted octanol–water partition coefficient (Wildman–Crippen LogP) is 2.48. The molecule has 0 radical (unpaired) electrons. The minimum atomic E-state index is -0.586. The van der Waals surface area contributed by atoms with Crippen molar-refractivity contribution in [2.75, 3.05) is 0 Å². The SMILES string of the molecule is N[C@@H]1CCCC[C@H]1NC(=O)c1ccc(Cl)c(F)c1. The van der Waals surface area contributed by atoms with E-state index in [1.807, 2.05) is 0 Å².